The normalized spacial score (nSPS) is 5.36. The Balaban J connectivity index is -0.0000000270. The second kappa shape index (κ2) is 23.1. The Morgan fingerprint density at radius 1 is 0.714 bits per heavy atom. The van der Waals surface area contributed by atoms with Gasteiger partial charge in [0.15, 0.2) is 0 Å². The molecule has 0 aliphatic carbocycles. The zero-order chi connectivity index (χ0) is 10.7. The van der Waals surface area contributed by atoms with Gasteiger partial charge in [-0.05, 0) is 20.8 Å². The Kier molecular flexibility index (Phi) is 48.2. The van der Waals surface area contributed by atoms with E-state index in [2.05, 4.69) is 0 Å². The number of carbonyl (C=O) groups is 3. The van der Waals surface area contributed by atoms with Crippen molar-refractivity contribution in [2.24, 2.45) is 0 Å². The average Bonchev–Trinajstić information content (AvgIpc) is 1.54. The van der Waals surface area contributed by atoms with Gasteiger partial charge in [-0.1, -0.05) is 0 Å². The Hall–Kier alpha value is -0.0456. The molecule has 0 radical (unpaired) electrons. The first-order valence-corrected chi connectivity index (χ1v) is 2.72. The Labute approximate surface area is 122 Å². The molecule has 2 N–H and O–H groups in total. The fourth-order valence-corrected chi connectivity index (χ4v) is 0. The summed E-state index contributed by atoms with van der Waals surface area (Å²) in [6, 6.07) is 0. The minimum atomic E-state index is -1.08. The maximum atomic E-state index is 8.89. The van der Waals surface area contributed by atoms with E-state index in [1.807, 2.05) is 0 Å². The van der Waals surface area contributed by atoms with Crippen LogP contribution in [0.25, 0.3) is 0 Å². The predicted molar refractivity (Wildman–Crippen MR) is 35.7 cm³/mol. The molecule has 0 rings (SSSR count). The first kappa shape index (κ1) is 29.2. The van der Waals surface area contributed by atoms with Crippen LogP contribution in [0.4, 0.5) is 0 Å². The zero-order valence-electron chi connectivity index (χ0n) is 7.83. The number of carboxylic acids is 3. The maximum absolute atomic E-state index is 8.89. The zero-order valence-corrected chi connectivity index (χ0v) is 10.3. The molecule has 14 heavy (non-hydrogen) atoms. The smallest absolute Gasteiger partial charge is 0.550 e. The van der Waals surface area contributed by atoms with Crippen molar-refractivity contribution in [2.45, 2.75) is 20.8 Å². The molecular formula is C6H11EuO7. The van der Waals surface area contributed by atoms with Crippen LogP contribution in [0.3, 0.4) is 0 Å². The van der Waals surface area contributed by atoms with Crippen molar-refractivity contribution >= 4 is 17.9 Å². The van der Waals surface area contributed by atoms with Gasteiger partial charge in [-0.25, -0.2) is 0 Å². The number of carbonyl (C=O) groups excluding carboxylic acids is 3. The van der Waals surface area contributed by atoms with Crippen molar-refractivity contribution in [1.29, 1.82) is 0 Å². The third kappa shape index (κ3) is 690000. The van der Waals surface area contributed by atoms with Crippen molar-refractivity contribution < 1.29 is 84.6 Å². The number of hydrogen-bond acceptors (Lipinski definition) is 6. The first-order chi connectivity index (χ1) is 5.20. The van der Waals surface area contributed by atoms with Crippen LogP contribution in [0.1, 0.15) is 20.8 Å². The topological polar surface area (TPSA) is 152 Å². The van der Waals surface area contributed by atoms with Crippen LogP contribution in [0, 0.1) is 49.4 Å². The van der Waals surface area contributed by atoms with Gasteiger partial charge in [-0.15, -0.1) is 0 Å². The molecule has 0 saturated carbocycles. The number of hydrogen-bond donors (Lipinski definition) is 0. The summed E-state index contributed by atoms with van der Waals surface area (Å²) in [5.74, 6) is -3.25. The summed E-state index contributed by atoms with van der Waals surface area (Å²) < 4.78 is 0. The number of rotatable bonds is 0. The van der Waals surface area contributed by atoms with E-state index in [9.17, 15) is 0 Å². The summed E-state index contributed by atoms with van der Waals surface area (Å²) in [7, 11) is 0. The monoisotopic (exact) mass is 348 g/mol. The van der Waals surface area contributed by atoms with E-state index in [-0.39, 0.29) is 54.9 Å². The second-order valence-electron chi connectivity index (χ2n) is 1.47. The van der Waals surface area contributed by atoms with Gasteiger partial charge in [-0.3, -0.25) is 0 Å². The van der Waals surface area contributed by atoms with Crippen molar-refractivity contribution in [2.75, 3.05) is 0 Å². The SMILES string of the molecule is CC(=O)[O-].CC(=O)[O-].CC(=O)[O-].O.[Eu+3]. The van der Waals surface area contributed by atoms with Gasteiger partial charge in [0.25, 0.3) is 0 Å². The third-order valence-corrected chi connectivity index (χ3v) is 0. The molecule has 0 fully saturated rings. The number of carboxylic acid groups (broad SMARTS) is 3. The van der Waals surface area contributed by atoms with Gasteiger partial charge in [0.05, 0.1) is 0 Å². The van der Waals surface area contributed by atoms with E-state index < -0.39 is 17.9 Å². The summed E-state index contributed by atoms with van der Waals surface area (Å²) in [6.07, 6.45) is 0. The van der Waals surface area contributed by atoms with Gasteiger partial charge in [-0.2, -0.15) is 0 Å². The molecule has 0 aliphatic heterocycles. The summed E-state index contributed by atoms with van der Waals surface area (Å²) >= 11 is 0. The van der Waals surface area contributed by atoms with E-state index in [4.69, 9.17) is 29.7 Å². The molecule has 0 aromatic rings. The molecule has 8 heteroatoms. The minimum Gasteiger partial charge on any atom is -0.550 e. The van der Waals surface area contributed by atoms with Crippen LogP contribution >= 0.6 is 0 Å². The Morgan fingerprint density at radius 3 is 0.714 bits per heavy atom. The maximum Gasteiger partial charge on any atom is 3.00 e. The average molecular weight is 347 g/mol. The molecule has 84 valence electrons. The summed E-state index contributed by atoms with van der Waals surface area (Å²) in [5.41, 5.74) is 0. The minimum absolute atomic E-state index is 0. The van der Waals surface area contributed by atoms with Crippen molar-refractivity contribution in [3.05, 3.63) is 0 Å². The molecule has 0 bridgehead atoms. The van der Waals surface area contributed by atoms with E-state index in [1.165, 1.54) is 0 Å². The number of aliphatic carboxylic acids is 3. The van der Waals surface area contributed by atoms with Crippen LogP contribution in [-0.4, -0.2) is 23.4 Å². The second-order valence-corrected chi connectivity index (χ2v) is 1.47. The molecule has 0 aromatic carbocycles. The van der Waals surface area contributed by atoms with Gasteiger partial charge >= 0.3 is 49.4 Å². The summed E-state index contributed by atoms with van der Waals surface area (Å²) in [5, 5.41) is 26.7. The summed E-state index contributed by atoms with van der Waals surface area (Å²) in [6.45, 7) is 2.92. The molecule has 7 nitrogen and oxygen atoms in total. The van der Waals surface area contributed by atoms with Gasteiger partial charge in [0.2, 0.25) is 0 Å². The largest absolute Gasteiger partial charge is 3.00 e. The predicted octanol–water partition coefficient (Wildman–Crippen LogP) is -4.56. The molecular weight excluding hydrogens is 336 g/mol. The Morgan fingerprint density at radius 2 is 0.714 bits per heavy atom. The molecule has 0 unspecified atom stereocenters. The quantitative estimate of drug-likeness (QED) is 0.430. The molecule has 0 aliphatic rings. The van der Waals surface area contributed by atoms with Crippen LogP contribution in [0.5, 0.6) is 0 Å². The molecule has 0 heterocycles. The molecule has 0 amide bonds. The van der Waals surface area contributed by atoms with E-state index in [0.29, 0.717) is 0 Å². The first-order valence-electron chi connectivity index (χ1n) is 2.72. The molecule has 0 spiro atoms. The van der Waals surface area contributed by atoms with Crippen LogP contribution in [0.2, 0.25) is 0 Å². The standard InChI is InChI=1S/3C2H4O2.Eu.H2O/c3*1-2(3)4;;/h3*1H3,(H,3,4);;1H2/q;;;+3;/p-3. The van der Waals surface area contributed by atoms with E-state index in [0.717, 1.165) is 20.8 Å². The van der Waals surface area contributed by atoms with E-state index in [1.54, 1.807) is 0 Å². The molecule has 0 aromatic heterocycles. The molecule has 0 saturated heterocycles. The Bertz CT molecular complexity index is 116. The van der Waals surface area contributed by atoms with Crippen LogP contribution in [0.15, 0.2) is 0 Å². The van der Waals surface area contributed by atoms with Gasteiger partial charge in [0, 0.05) is 17.9 Å². The van der Waals surface area contributed by atoms with Gasteiger partial charge in [0.1, 0.15) is 0 Å². The van der Waals surface area contributed by atoms with Crippen LogP contribution < -0.4 is 15.3 Å². The fraction of sp³-hybridized carbons (Fsp3) is 0.500. The fourth-order valence-electron chi connectivity index (χ4n) is 0. The molecule has 0 atom stereocenters. The summed E-state index contributed by atoms with van der Waals surface area (Å²) in [4.78, 5) is 26.7. The third-order valence-electron chi connectivity index (χ3n) is 0. The van der Waals surface area contributed by atoms with Crippen molar-refractivity contribution in [3.8, 4) is 0 Å². The van der Waals surface area contributed by atoms with Crippen molar-refractivity contribution in [1.82, 2.24) is 0 Å². The van der Waals surface area contributed by atoms with Crippen molar-refractivity contribution in [3.63, 3.8) is 0 Å². The van der Waals surface area contributed by atoms with E-state index >= 15 is 0 Å². The van der Waals surface area contributed by atoms with Gasteiger partial charge < -0.3 is 35.2 Å². The van der Waals surface area contributed by atoms with Crippen LogP contribution in [-0.2, 0) is 14.4 Å².